The molecule has 7 heteroatoms. The fourth-order valence-electron chi connectivity index (χ4n) is 2.08. The molecule has 22 heavy (non-hydrogen) atoms. The molecule has 0 fully saturated rings. The van der Waals surface area contributed by atoms with Gasteiger partial charge in [0.05, 0.1) is 10.6 Å². The first-order valence-corrected chi connectivity index (χ1v) is 7.54. The molecule has 0 aliphatic heterocycles. The number of nitrogens with zero attached hydrogens (tertiary/aromatic N) is 2. The van der Waals surface area contributed by atoms with Gasteiger partial charge in [0.15, 0.2) is 5.13 Å². The standard InChI is InChI=1S/C15H17N3O3S/c1-9-12(15(2,3)4)22-14(16-9)17-13(19)10-6-5-7-11(8-10)18(20)21/h5-8H,1-4H3,(H,16,17,19). The molecule has 1 aromatic heterocycles. The smallest absolute Gasteiger partial charge is 0.270 e. The number of amides is 1. The van der Waals surface area contributed by atoms with Crippen molar-refractivity contribution in [2.24, 2.45) is 0 Å². The van der Waals surface area contributed by atoms with Crippen molar-refractivity contribution in [2.75, 3.05) is 5.32 Å². The molecule has 0 unspecified atom stereocenters. The Balaban J connectivity index is 2.23. The van der Waals surface area contributed by atoms with Crippen LogP contribution in [0.5, 0.6) is 0 Å². The van der Waals surface area contributed by atoms with Crippen molar-refractivity contribution in [3.05, 3.63) is 50.5 Å². The minimum absolute atomic E-state index is 0.0454. The minimum Gasteiger partial charge on any atom is -0.298 e. The van der Waals surface area contributed by atoms with Crippen LogP contribution >= 0.6 is 11.3 Å². The van der Waals surface area contributed by atoms with Gasteiger partial charge in [0.2, 0.25) is 0 Å². The lowest BCUT2D eigenvalue weighted by Gasteiger charge is -2.16. The topological polar surface area (TPSA) is 85.1 Å². The van der Waals surface area contributed by atoms with Gasteiger partial charge >= 0.3 is 0 Å². The van der Waals surface area contributed by atoms with E-state index in [4.69, 9.17) is 0 Å². The SMILES string of the molecule is Cc1nc(NC(=O)c2cccc([N+](=O)[O-])c2)sc1C(C)(C)C. The van der Waals surface area contributed by atoms with Gasteiger partial charge in [-0.05, 0) is 18.4 Å². The van der Waals surface area contributed by atoms with Crippen LogP contribution in [0.2, 0.25) is 0 Å². The van der Waals surface area contributed by atoms with Crippen LogP contribution in [0.1, 0.15) is 41.7 Å². The van der Waals surface area contributed by atoms with Crippen molar-refractivity contribution in [3.63, 3.8) is 0 Å². The number of nitro groups is 1. The van der Waals surface area contributed by atoms with Crippen LogP contribution in [-0.2, 0) is 5.41 Å². The van der Waals surface area contributed by atoms with Gasteiger partial charge in [-0.1, -0.05) is 26.8 Å². The Labute approximate surface area is 132 Å². The van der Waals surface area contributed by atoms with Gasteiger partial charge < -0.3 is 0 Å². The second-order valence-corrected chi connectivity index (χ2v) is 6.94. The summed E-state index contributed by atoms with van der Waals surface area (Å²) in [7, 11) is 0. The van der Waals surface area contributed by atoms with Gasteiger partial charge in [0.1, 0.15) is 0 Å². The molecule has 0 bridgehead atoms. The number of anilines is 1. The zero-order valence-electron chi connectivity index (χ0n) is 12.8. The number of non-ortho nitro benzene ring substituents is 1. The third-order valence-corrected chi connectivity index (χ3v) is 4.52. The number of carbonyl (C=O) groups is 1. The maximum absolute atomic E-state index is 12.2. The third kappa shape index (κ3) is 3.48. The number of benzene rings is 1. The van der Waals surface area contributed by atoms with Crippen molar-refractivity contribution in [1.82, 2.24) is 4.98 Å². The van der Waals surface area contributed by atoms with Crippen molar-refractivity contribution in [2.45, 2.75) is 33.1 Å². The monoisotopic (exact) mass is 319 g/mol. The van der Waals surface area contributed by atoms with E-state index in [1.807, 2.05) is 6.92 Å². The lowest BCUT2D eigenvalue weighted by Crippen LogP contribution is -2.11. The normalized spacial score (nSPS) is 11.3. The first kappa shape index (κ1) is 16.1. The summed E-state index contributed by atoms with van der Waals surface area (Å²) in [6, 6.07) is 5.62. The van der Waals surface area contributed by atoms with Crippen LogP contribution in [0.4, 0.5) is 10.8 Å². The minimum atomic E-state index is -0.526. The Hall–Kier alpha value is -2.28. The Morgan fingerprint density at radius 2 is 2.05 bits per heavy atom. The molecule has 1 aromatic carbocycles. The number of hydrogen-bond donors (Lipinski definition) is 1. The second-order valence-electron chi connectivity index (χ2n) is 5.95. The maximum atomic E-state index is 12.2. The summed E-state index contributed by atoms with van der Waals surface area (Å²) in [5.41, 5.74) is 0.959. The molecule has 0 atom stereocenters. The van der Waals surface area contributed by atoms with Crippen LogP contribution in [0.15, 0.2) is 24.3 Å². The van der Waals surface area contributed by atoms with Gasteiger partial charge in [-0.3, -0.25) is 20.2 Å². The van der Waals surface area contributed by atoms with Crippen LogP contribution in [-0.4, -0.2) is 15.8 Å². The number of carbonyl (C=O) groups excluding carboxylic acids is 1. The summed E-state index contributed by atoms with van der Waals surface area (Å²) in [6.07, 6.45) is 0. The lowest BCUT2D eigenvalue weighted by molar-refractivity contribution is -0.384. The number of aromatic nitrogens is 1. The van der Waals surface area contributed by atoms with Gasteiger partial charge in [-0.15, -0.1) is 11.3 Å². The highest BCUT2D eigenvalue weighted by molar-refractivity contribution is 7.16. The second kappa shape index (κ2) is 5.84. The van der Waals surface area contributed by atoms with E-state index >= 15 is 0 Å². The quantitative estimate of drug-likeness (QED) is 0.686. The Morgan fingerprint density at radius 3 is 2.59 bits per heavy atom. The Morgan fingerprint density at radius 1 is 1.36 bits per heavy atom. The van der Waals surface area contributed by atoms with Gasteiger partial charge in [-0.2, -0.15) is 0 Å². The van der Waals surface area contributed by atoms with E-state index in [0.717, 1.165) is 10.6 Å². The largest absolute Gasteiger partial charge is 0.298 e. The summed E-state index contributed by atoms with van der Waals surface area (Å²) < 4.78 is 0. The summed E-state index contributed by atoms with van der Waals surface area (Å²) in [5, 5.41) is 14.0. The van der Waals surface area contributed by atoms with Crippen molar-refractivity contribution >= 4 is 28.1 Å². The molecule has 2 aromatic rings. The van der Waals surface area contributed by atoms with E-state index in [0.29, 0.717) is 5.13 Å². The first-order valence-electron chi connectivity index (χ1n) is 6.72. The molecule has 6 nitrogen and oxygen atoms in total. The van der Waals surface area contributed by atoms with Crippen LogP contribution in [0, 0.1) is 17.0 Å². The van der Waals surface area contributed by atoms with Crippen LogP contribution < -0.4 is 5.32 Å². The first-order chi connectivity index (χ1) is 10.2. The highest BCUT2D eigenvalue weighted by atomic mass is 32.1. The summed E-state index contributed by atoms with van der Waals surface area (Å²) in [6.45, 7) is 8.15. The predicted molar refractivity (Wildman–Crippen MR) is 86.6 cm³/mol. The lowest BCUT2D eigenvalue weighted by atomic mass is 9.94. The molecule has 116 valence electrons. The molecule has 1 heterocycles. The number of aryl methyl sites for hydroxylation is 1. The third-order valence-electron chi connectivity index (χ3n) is 3.02. The van der Waals surface area contributed by atoms with Gasteiger partial charge in [0, 0.05) is 22.6 Å². The fourth-order valence-corrected chi connectivity index (χ4v) is 3.09. The zero-order valence-corrected chi connectivity index (χ0v) is 13.7. The van der Waals surface area contributed by atoms with Crippen molar-refractivity contribution in [1.29, 1.82) is 0 Å². The average Bonchev–Trinajstić information content (AvgIpc) is 2.79. The van der Waals surface area contributed by atoms with E-state index in [1.54, 1.807) is 0 Å². The number of nitrogens with one attached hydrogen (secondary N) is 1. The van der Waals surface area contributed by atoms with Crippen LogP contribution in [0.3, 0.4) is 0 Å². The zero-order chi connectivity index (χ0) is 16.5. The highest BCUT2D eigenvalue weighted by Crippen LogP contribution is 2.33. The van der Waals surface area contributed by atoms with Crippen molar-refractivity contribution < 1.29 is 9.72 Å². The molecule has 0 radical (unpaired) electrons. The molecule has 0 aliphatic carbocycles. The molecule has 0 saturated heterocycles. The van der Waals surface area contributed by atoms with Gasteiger partial charge in [0.25, 0.3) is 11.6 Å². The van der Waals surface area contributed by atoms with Crippen LogP contribution in [0.25, 0.3) is 0 Å². The summed E-state index contributed by atoms with van der Waals surface area (Å²) >= 11 is 1.42. The molecular weight excluding hydrogens is 302 g/mol. The van der Waals surface area contributed by atoms with E-state index in [-0.39, 0.29) is 16.7 Å². The predicted octanol–water partition coefficient (Wildman–Crippen LogP) is 3.91. The Bertz CT molecular complexity index is 732. The highest BCUT2D eigenvalue weighted by Gasteiger charge is 2.22. The Kier molecular flexibility index (Phi) is 4.27. The molecule has 0 spiro atoms. The van der Waals surface area contributed by atoms with E-state index in [1.165, 1.54) is 35.6 Å². The van der Waals surface area contributed by atoms with Gasteiger partial charge in [-0.25, -0.2) is 4.98 Å². The maximum Gasteiger partial charge on any atom is 0.270 e. The average molecular weight is 319 g/mol. The molecular formula is C15H17N3O3S. The fraction of sp³-hybridized carbons (Fsp3) is 0.333. The molecule has 2 rings (SSSR count). The number of nitro benzene ring substituents is 1. The number of hydrogen-bond acceptors (Lipinski definition) is 5. The molecule has 0 saturated carbocycles. The van der Waals surface area contributed by atoms with E-state index in [2.05, 4.69) is 31.1 Å². The van der Waals surface area contributed by atoms with E-state index < -0.39 is 10.8 Å². The number of rotatable bonds is 3. The molecule has 1 amide bonds. The molecule has 1 N–H and O–H groups in total. The number of thiazole rings is 1. The van der Waals surface area contributed by atoms with E-state index in [9.17, 15) is 14.9 Å². The molecule has 0 aliphatic rings. The summed E-state index contributed by atoms with van der Waals surface area (Å²) in [5.74, 6) is -0.405. The summed E-state index contributed by atoms with van der Waals surface area (Å²) in [4.78, 5) is 27.9. The van der Waals surface area contributed by atoms with Crippen molar-refractivity contribution in [3.8, 4) is 0 Å².